The SMILES string of the molecule is CC1(C)O[C@H]2O[C@H](CCCC=O)[C@H](OCc3ccccc3)[C@H]2O1. The van der Waals surface area contributed by atoms with Gasteiger partial charge in [-0.05, 0) is 32.3 Å². The Morgan fingerprint density at radius 2 is 2.00 bits per heavy atom. The molecule has 0 spiro atoms. The highest BCUT2D eigenvalue weighted by atomic mass is 16.8. The third-order valence-electron chi connectivity index (χ3n) is 4.18. The number of ether oxygens (including phenoxy) is 4. The average Bonchev–Trinajstić information content (AvgIpc) is 2.98. The van der Waals surface area contributed by atoms with Crippen LogP contribution in [0.3, 0.4) is 0 Å². The summed E-state index contributed by atoms with van der Waals surface area (Å²) < 4.78 is 23.9. The quantitative estimate of drug-likeness (QED) is 0.571. The van der Waals surface area contributed by atoms with Crippen LogP contribution in [0.15, 0.2) is 30.3 Å². The van der Waals surface area contributed by atoms with Crippen molar-refractivity contribution < 1.29 is 23.7 Å². The molecule has 23 heavy (non-hydrogen) atoms. The van der Waals surface area contributed by atoms with Crippen LogP contribution in [0.1, 0.15) is 38.7 Å². The lowest BCUT2D eigenvalue weighted by Gasteiger charge is -2.26. The van der Waals surface area contributed by atoms with Crippen molar-refractivity contribution >= 4 is 6.29 Å². The Hall–Kier alpha value is -1.27. The Labute approximate surface area is 136 Å². The number of aldehydes is 1. The average molecular weight is 320 g/mol. The molecule has 1 aromatic rings. The normalized spacial score (nSPS) is 31.9. The van der Waals surface area contributed by atoms with Gasteiger partial charge in [-0.1, -0.05) is 30.3 Å². The van der Waals surface area contributed by atoms with Crippen LogP contribution in [-0.2, 0) is 30.3 Å². The largest absolute Gasteiger partial charge is 0.368 e. The van der Waals surface area contributed by atoms with E-state index in [4.69, 9.17) is 18.9 Å². The van der Waals surface area contributed by atoms with Crippen LogP contribution in [0.2, 0.25) is 0 Å². The number of rotatable bonds is 7. The second-order valence-corrected chi connectivity index (χ2v) is 6.50. The fourth-order valence-electron chi connectivity index (χ4n) is 3.15. The van der Waals surface area contributed by atoms with Gasteiger partial charge in [0.05, 0.1) is 12.7 Å². The molecule has 2 fully saturated rings. The van der Waals surface area contributed by atoms with Crippen molar-refractivity contribution in [2.24, 2.45) is 0 Å². The van der Waals surface area contributed by atoms with E-state index in [1.807, 2.05) is 44.2 Å². The van der Waals surface area contributed by atoms with E-state index in [9.17, 15) is 4.79 Å². The Morgan fingerprint density at radius 3 is 2.74 bits per heavy atom. The third kappa shape index (κ3) is 3.98. The van der Waals surface area contributed by atoms with Gasteiger partial charge in [0.25, 0.3) is 0 Å². The van der Waals surface area contributed by atoms with Crippen LogP contribution in [-0.4, -0.2) is 36.7 Å². The molecule has 0 bridgehead atoms. The zero-order valence-corrected chi connectivity index (χ0v) is 13.6. The first kappa shape index (κ1) is 16.6. The van der Waals surface area contributed by atoms with Crippen LogP contribution in [0, 0.1) is 0 Å². The third-order valence-corrected chi connectivity index (χ3v) is 4.18. The number of benzene rings is 1. The summed E-state index contributed by atoms with van der Waals surface area (Å²) in [6, 6.07) is 10.0. The van der Waals surface area contributed by atoms with E-state index in [0.29, 0.717) is 13.0 Å². The lowest BCUT2D eigenvalue weighted by molar-refractivity contribution is -0.219. The molecule has 0 aliphatic carbocycles. The van der Waals surface area contributed by atoms with Gasteiger partial charge in [-0.2, -0.15) is 0 Å². The van der Waals surface area contributed by atoms with Gasteiger partial charge in [-0.3, -0.25) is 0 Å². The minimum Gasteiger partial charge on any atom is -0.368 e. The number of fused-ring (bicyclic) bond motifs is 1. The molecule has 4 atom stereocenters. The van der Waals surface area contributed by atoms with Crippen LogP contribution in [0.4, 0.5) is 0 Å². The summed E-state index contributed by atoms with van der Waals surface area (Å²) in [5, 5.41) is 0. The lowest BCUT2D eigenvalue weighted by atomic mass is 10.0. The van der Waals surface area contributed by atoms with E-state index < -0.39 is 12.1 Å². The molecule has 0 unspecified atom stereocenters. The molecular weight excluding hydrogens is 296 g/mol. The summed E-state index contributed by atoms with van der Waals surface area (Å²) in [6.45, 7) is 4.26. The van der Waals surface area contributed by atoms with Crippen molar-refractivity contribution in [2.45, 2.75) is 70.1 Å². The minimum atomic E-state index is -0.655. The second-order valence-electron chi connectivity index (χ2n) is 6.50. The zero-order valence-electron chi connectivity index (χ0n) is 13.6. The molecule has 0 aromatic heterocycles. The highest BCUT2D eigenvalue weighted by Gasteiger charge is 2.55. The molecule has 126 valence electrons. The van der Waals surface area contributed by atoms with Crippen molar-refractivity contribution in [1.82, 2.24) is 0 Å². The maximum Gasteiger partial charge on any atom is 0.190 e. The van der Waals surface area contributed by atoms with Crippen LogP contribution >= 0.6 is 0 Å². The van der Waals surface area contributed by atoms with E-state index in [0.717, 1.165) is 24.7 Å². The number of carbonyl (C=O) groups is 1. The van der Waals surface area contributed by atoms with Crippen LogP contribution in [0.25, 0.3) is 0 Å². The number of hydrogen-bond acceptors (Lipinski definition) is 5. The van der Waals surface area contributed by atoms with Crippen molar-refractivity contribution in [2.75, 3.05) is 0 Å². The highest BCUT2D eigenvalue weighted by molar-refractivity contribution is 5.48. The molecule has 0 N–H and O–H groups in total. The smallest absolute Gasteiger partial charge is 0.190 e. The maximum absolute atomic E-state index is 10.5. The monoisotopic (exact) mass is 320 g/mol. The predicted octanol–water partition coefficient (Wildman–Crippen LogP) is 2.82. The van der Waals surface area contributed by atoms with Crippen molar-refractivity contribution in [3.05, 3.63) is 35.9 Å². The zero-order chi connectivity index (χ0) is 16.3. The highest BCUT2D eigenvalue weighted by Crippen LogP contribution is 2.40. The topological polar surface area (TPSA) is 54.0 Å². The summed E-state index contributed by atoms with van der Waals surface area (Å²) in [6.07, 6.45) is 2.10. The van der Waals surface area contributed by atoms with E-state index in [1.54, 1.807) is 0 Å². The first-order chi connectivity index (χ1) is 11.1. The summed E-state index contributed by atoms with van der Waals surface area (Å²) >= 11 is 0. The van der Waals surface area contributed by atoms with Crippen LogP contribution < -0.4 is 0 Å². The van der Waals surface area contributed by atoms with E-state index in [-0.39, 0.29) is 18.3 Å². The Morgan fingerprint density at radius 1 is 1.22 bits per heavy atom. The van der Waals surface area contributed by atoms with Crippen molar-refractivity contribution in [1.29, 1.82) is 0 Å². The molecule has 5 nitrogen and oxygen atoms in total. The van der Waals surface area contributed by atoms with Gasteiger partial charge >= 0.3 is 0 Å². The summed E-state index contributed by atoms with van der Waals surface area (Å²) in [5.41, 5.74) is 1.11. The van der Waals surface area contributed by atoms with Gasteiger partial charge in [0, 0.05) is 6.42 Å². The van der Waals surface area contributed by atoms with E-state index >= 15 is 0 Å². The first-order valence-electron chi connectivity index (χ1n) is 8.19. The number of hydrogen-bond donors (Lipinski definition) is 0. The molecule has 2 aliphatic heterocycles. The van der Waals surface area contributed by atoms with E-state index in [2.05, 4.69) is 0 Å². The molecule has 5 heteroatoms. The van der Waals surface area contributed by atoms with Gasteiger partial charge in [0.15, 0.2) is 12.1 Å². The number of carbonyl (C=O) groups excluding carboxylic acids is 1. The molecule has 2 heterocycles. The van der Waals surface area contributed by atoms with Crippen LogP contribution in [0.5, 0.6) is 0 Å². The Balaban J connectivity index is 1.64. The molecule has 0 saturated carbocycles. The molecule has 0 amide bonds. The van der Waals surface area contributed by atoms with Gasteiger partial charge in [0.2, 0.25) is 0 Å². The lowest BCUT2D eigenvalue weighted by Crippen LogP contribution is -2.36. The summed E-state index contributed by atoms with van der Waals surface area (Å²) in [7, 11) is 0. The first-order valence-corrected chi connectivity index (χ1v) is 8.19. The molecule has 2 saturated heterocycles. The Kier molecular flexibility index (Phi) is 5.11. The molecule has 0 radical (unpaired) electrons. The fraction of sp³-hybridized carbons (Fsp3) is 0.611. The number of unbranched alkanes of at least 4 members (excludes halogenated alkanes) is 1. The summed E-state index contributed by atoms with van der Waals surface area (Å²) in [4.78, 5) is 10.5. The van der Waals surface area contributed by atoms with Gasteiger partial charge < -0.3 is 23.7 Å². The minimum absolute atomic E-state index is 0.107. The Bertz CT molecular complexity index is 515. The molecular formula is C18H24O5. The molecule has 3 rings (SSSR count). The summed E-state index contributed by atoms with van der Waals surface area (Å²) in [5.74, 6) is -0.655. The van der Waals surface area contributed by atoms with Crippen molar-refractivity contribution in [3.8, 4) is 0 Å². The van der Waals surface area contributed by atoms with Gasteiger partial charge in [-0.15, -0.1) is 0 Å². The fourth-order valence-corrected chi connectivity index (χ4v) is 3.15. The van der Waals surface area contributed by atoms with Crippen molar-refractivity contribution in [3.63, 3.8) is 0 Å². The van der Waals surface area contributed by atoms with Gasteiger partial charge in [0.1, 0.15) is 18.5 Å². The van der Waals surface area contributed by atoms with E-state index in [1.165, 1.54) is 0 Å². The predicted molar refractivity (Wildman–Crippen MR) is 83.6 cm³/mol. The molecule has 1 aromatic carbocycles. The second kappa shape index (κ2) is 7.09. The standard InChI is InChI=1S/C18H24O5/c1-18(2)22-16-15(20-12-13-8-4-3-5-9-13)14(10-6-7-11-19)21-17(16)23-18/h3-5,8-9,11,14-17H,6-7,10,12H2,1-2H3/t14-,15+,16-,17-/m1/s1. The van der Waals surface area contributed by atoms with Gasteiger partial charge in [-0.25, -0.2) is 0 Å². The molecule has 2 aliphatic rings. The maximum atomic E-state index is 10.5.